The van der Waals surface area contributed by atoms with Gasteiger partial charge >= 0.3 is 5.97 Å². The molecule has 0 bridgehead atoms. The Balaban J connectivity index is 1.95. The van der Waals surface area contributed by atoms with Crippen LogP contribution in [0, 0.1) is 5.82 Å². The third kappa shape index (κ3) is 4.54. The van der Waals surface area contributed by atoms with Crippen LogP contribution in [0.3, 0.4) is 0 Å². The normalized spacial score (nSPS) is 10.6. The molecule has 0 spiro atoms. The summed E-state index contributed by atoms with van der Waals surface area (Å²) in [5.41, 5.74) is 5.18. The Morgan fingerprint density at radius 2 is 1.67 bits per heavy atom. The number of aliphatic carboxylic acids is 1. The minimum absolute atomic E-state index is 0.0729. The van der Waals surface area contributed by atoms with Crippen molar-refractivity contribution >= 4 is 23.5 Å². The highest BCUT2D eigenvalue weighted by molar-refractivity contribution is 6.30. The summed E-state index contributed by atoms with van der Waals surface area (Å²) in [6, 6.07) is 15.8. The van der Waals surface area contributed by atoms with Crippen molar-refractivity contribution in [1.82, 2.24) is 4.68 Å². The van der Waals surface area contributed by atoms with Gasteiger partial charge in [-0.3, -0.25) is 19.7 Å². The van der Waals surface area contributed by atoms with Gasteiger partial charge in [-0.05, 0) is 48.5 Å². The van der Waals surface area contributed by atoms with Crippen molar-refractivity contribution < 1.29 is 19.1 Å². The zero-order valence-electron chi connectivity index (χ0n) is 14.2. The third-order valence-electron chi connectivity index (χ3n) is 4.02. The van der Waals surface area contributed by atoms with Gasteiger partial charge in [0.2, 0.25) is 0 Å². The third-order valence-corrected chi connectivity index (χ3v) is 4.27. The summed E-state index contributed by atoms with van der Waals surface area (Å²) in [7, 11) is 0. The lowest BCUT2D eigenvalue weighted by Crippen LogP contribution is -2.25. The molecule has 0 aliphatic carbocycles. The van der Waals surface area contributed by atoms with Crippen LogP contribution >= 0.6 is 11.6 Å². The van der Waals surface area contributed by atoms with Gasteiger partial charge in [-0.1, -0.05) is 23.7 Å². The van der Waals surface area contributed by atoms with Crippen molar-refractivity contribution in [3.8, 4) is 11.3 Å². The van der Waals surface area contributed by atoms with E-state index in [2.05, 4.69) is 5.43 Å². The molecule has 138 valence electrons. The summed E-state index contributed by atoms with van der Waals surface area (Å²) in [4.78, 5) is 23.5. The van der Waals surface area contributed by atoms with Gasteiger partial charge in [-0.2, -0.15) is 0 Å². The van der Waals surface area contributed by atoms with E-state index in [-0.39, 0.29) is 18.4 Å². The molecular weight excluding hydrogens is 371 g/mol. The van der Waals surface area contributed by atoms with Gasteiger partial charge in [-0.15, -0.1) is 0 Å². The maximum Gasteiger partial charge on any atom is 0.303 e. The predicted octanol–water partition coefficient (Wildman–Crippen LogP) is 4.35. The summed E-state index contributed by atoms with van der Waals surface area (Å²) < 4.78 is 14.6. The molecule has 0 radical (unpaired) electrons. The molecule has 1 heterocycles. The number of amides is 1. The monoisotopic (exact) mass is 386 g/mol. The highest BCUT2D eigenvalue weighted by Gasteiger charge is 2.15. The van der Waals surface area contributed by atoms with Crippen molar-refractivity contribution in [3.05, 3.63) is 82.8 Å². The molecule has 0 saturated carbocycles. The van der Waals surface area contributed by atoms with Gasteiger partial charge in [-0.25, -0.2) is 4.39 Å². The van der Waals surface area contributed by atoms with Crippen LogP contribution in [0.2, 0.25) is 5.02 Å². The van der Waals surface area contributed by atoms with Gasteiger partial charge in [0.15, 0.2) is 0 Å². The number of carbonyl (C=O) groups is 2. The minimum atomic E-state index is -0.930. The summed E-state index contributed by atoms with van der Waals surface area (Å²) >= 11 is 5.93. The Hall–Kier alpha value is -3.12. The molecule has 3 aromatic rings. The lowest BCUT2D eigenvalue weighted by Gasteiger charge is -2.15. The van der Waals surface area contributed by atoms with Gasteiger partial charge in [0.25, 0.3) is 5.91 Å². The number of carboxylic acid groups (broad SMARTS) is 1. The summed E-state index contributed by atoms with van der Waals surface area (Å²) in [5.74, 6) is -1.80. The molecule has 0 saturated heterocycles. The van der Waals surface area contributed by atoms with E-state index in [0.717, 1.165) is 5.56 Å². The van der Waals surface area contributed by atoms with E-state index in [1.54, 1.807) is 41.1 Å². The molecular formula is C20H16ClFN2O3. The number of carboxylic acids is 1. The van der Waals surface area contributed by atoms with Gasteiger partial charge in [0.05, 0.1) is 12.1 Å². The Morgan fingerprint density at radius 1 is 1.00 bits per heavy atom. The van der Waals surface area contributed by atoms with E-state index in [1.807, 2.05) is 0 Å². The molecule has 0 aliphatic rings. The molecule has 1 amide bonds. The number of carbonyl (C=O) groups excluding carboxylic acids is 1. The smallest absolute Gasteiger partial charge is 0.303 e. The fourth-order valence-electron chi connectivity index (χ4n) is 2.65. The van der Waals surface area contributed by atoms with E-state index < -0.39 is 17.7 Å². The number of nitrogens with one attached hydrogen (secondary N) is 1. The fraction of sp³-hybridized carbons (Fsp3) is 0.100. The minimum Gasteiger partial charge on any atom is -0.481 e. The molecule has 0 atom stereocenters. The Labute approximate surface area is 160 Å². The quantitative estimate of drug-likeness (QED) is 0.661. The number of hydrogen-bond acceptors (Lipinski definition) is 2. The Kier molecular flexibility index (Phi) is 5.57. The number of nitrogens with zero attached hydrogens (tertiary/aromatic N) is 1. The Morgan fingerprint density at radius 3 is 2.30 bits per heavy atom. The maximum atomic E-state index is 13.1. The van der Waals surface area contributed by atoms with Crippen LogP contribution in [0.25, 0.3) is 11.3 Å². The molecule has 5 nitrogen and oxygen atoms in total. The fourth-order valence-corrected chi connectivity index (χ4v) is 2.78. The van der Waals surface area contributed by atoms with Crippen LogP contribution in [0.15, 0.2) is 60.7 Å². The molecule has 2 N–H and O–H groups in total. The van der Waals surface area contributed by atoms with Crippen LogP contribution in [-0.2, 0) is 11.2 Å². The summed E-state index contributed by atoms with van der Waals surface area (Å²) in [5, 5.41) is 9.54. The van der Waals surface area contributed by atoms with Crippen LogP contribution in [-0.4, -0.2) is 21.7 Å². The van der Waals surface area contributed by atoms with Gasteiger partial charge < -0.3 is 5.11 Å². The molecule has 1 aromatic heterocycles. The van der Waals surface area contributed by atoms with Crippen LogP contribution in [0.5, 0.6) is 0 Å². The van der Waals surface area contributed by atoms with Crippen LogP contribution in [0.1, 0.15) is 22.5 Å². The zero-order valence-corrected chi connectivity index (χ0v) is 14.9. The van der Waals surface area contributed by atoms with Gasteiger partial charge in [0, 0.05) is 28.3 Å². The zero-order chi connectivity index (χ0) is 19.4. The first kappa shape index (κ1) is 18.7. The van der Waals surface area contributed by atoms with Crippen molar-refractivity contribution in [2.24, 2.45) is 0 Å². The number of aryl methyl sites for hydroxylation is 1. The average Bonchev–Trinajstić information content (AvgIpc) is 3.03. The first-order valence-corrected chi connectivity index (χ1v) is 8.57. The van der Waals surface area contributed by atoms with Gasteiger partial charge in [0.1, 0.15) is 5.82 Å². The molecule has 0 fully saturated rings. The van der Waals surface area contributed by atoms with Crippen LogP contribution < -0.4 is 5.43 Å². The maximum absolute atomic E-state index is 13.1. The number of benzene rings is 2. The molecule has 7 heteroatoms. The second kappa shape index (κ2) is 8.05. The summed E-state index contributed by atoms with van der Waals surface area (Å²) in [6.45, 7) is 0. The predicted molar refractivity (Wildman–Crippen MR) is 101 cm³/mol. The molecule has 0 aliphatic heterocycles. The molecule has 0 unspecified atom stereocenters. The number of aromatic nitrogens is 1. The average molecular weight is 387 g/mol. The molecule has 2 aromatic carbocycles. The molecule has 27 heavy (non-hydrogen) atoms. The highest BCUT2D eigenvalue weighted by atomic mass is 35.5. The standard InChI is InChI=1S/C20H16ClFN2O3/c21-15-5-1-13(2-6-15)18-11-9-17(10-12-19(25)26)24(18)23-20(27)14-3-7-16(22)8-4-14/h1-9,11H,10,12H2,(H,23,27)(H,25,26). The second-order valence-electron chi connectivity index (χ2n) is 5.89. The largest absolute Gasteiger partial charge is 0.481 e. The lowest BCUT2D eigenvalue weighted by atomic mass is 10.1. The highest BCUT2D eigenvalue weighted by Crippen LogP contribution is 2.24. The SMILES string of the molecule is O=C(O)CCc1ccc(-c2ccc(Cl)cc2)n1NC(=O)c1ccc(F)cc1. The Bertz CT molecular complexity index is 966. The first-order chi connectivity index (χ1) is 12.9. The van der Waals surface area contributed by atoms with Crippen LogP contribution in [0.4, 0.5) is 4.39 Å². The second-order valence-corrected chi connectivity index (χ2v) is 6.33. The van der Waals surface area contributed by atoms with E-state index in [1.165, 1.54) is 24.3 Å². The molecule has 3 rings (SSSR count). The number of hydrogen-bond donors (Lipinski definition) is 2. The van der Waals surface area contributed by atoms with Crippen molar-refractivity contribution in [3.63, 3.8) is 0 Å². The van der Waals surface area contributed by atoms with Crippen molar-refractivity contribution in [2.75, 3.05) is 5.43 Å². The van der Waals surface area contributed by atoms with E-state index in [9.17, 15) is 14.0 Å². The topological polar surface area (TPSA) is 71.3 Å². The number of halogens is 2. The van der Waals surface area contributed by atoms with Crippen molar-refractivity contribution in [2.45, 2.75) is 12.8 Å². The van der Waals surface area contributed by atoms with E-state index >= 15 is 0 Å². The number of rotatable bonds is 6. The summed E-state index contributed by atoms with van der Waals surface area (Å²) in [6.07, 6.45) is 0.170. The van der Waals surface area contributed by atoms with E-state index in [0.29, 0.717) is 16.4 Å². The first-order valence-electron chi connectivity index (χ1n) is 8.19. The lowest BCUT2D eigenvalue weighted by molar-refractivity contribution is -0.136. The van der Waals surface area contributed by atoms with Crippen molar-refractivity contribution in [1.29, 1.82) is 0 Å². The van der Waals surface area contributed by atoms with E-state index in [4.69, 9.17) is 16.7 Å².